The van der Waals surface area contributed by atoms with Gasteiger partial charge in [0.1, 0.15) is 11.6 Å². The van der Waals surface area contributed by atoms with Gasteiger partial charge in [-0.1, -0.05) is 30.3 Å². The van der Waals surface area contributed by atoms with E-state index in [1.807, 2.05) is 36.1 Å². The molecule has 2 aromatic heterocycles. The van der Waals surface area contributed by atoms with Crippen LogP contribution in [0.25, 0.3) is 16.9 Å². The van der Waals surface area contributed by atoms with E-state index in [0.29, 0.717) is 80.0 Å². The molecule has 39 heavy (non-hydrogen) atoms. The molecule has 4 aromatic rings. The number of ether oxygens (including phenoxy) is 1. The Morgan fingerprint density at radius 3 is 2.54 bits per heavy atom. The fourth-order valence-electron chi connectivity index (χ4n) is 5.22. The zero-order chi connectivity index (χ0) is 26.9. The van der Waals surface area contributed by atoms with Crippen LogP contribution in [-0.2, 0) is 4.74 Å². The van der Waals surface area contributed by atoms with E-state index in [-0.39, 0.29) is 17.8 Å². The van der Waals surface area contributed by atoms with Gasteiger partial charge in [0, 0.05) is 43.9 Å². The summed E-state index contributed by atoms with van der Waals surface area (Å²) < 4.78 is 35.1. The number of aryl methyl sites for hydroxylation is 1. The fourth-order valence-corrected chi connectivity index (χ4v) is 5.22. The maximum absolute atomic E-state index is 14.1. The topological polar surface area (TPSA) is 88.4 Å². The highest BCUT2D eigenvalue weighted by Gasteiger charge is 2.29. The Labute approximate surface area is 224 Å². The number of carbonyl (C=O) groups is 1. The van der Waals surface area contributed by atoms with Crippen LogP contribution in [0.2, 0.25) is 0 Å². The molecule has 2 aliphatic rings. The number of fused-ring (bicyclic) bond motifs is 1. The number of morpholine rings is 1. The summed E-state index contributed by atoms with van der Waals surface area (Å²) in [4.78, 5) is 30.6. The Morgan fingerprint density at radius 2 is 1.74 bits per heavy atom. The van der Waals surface area contributed by atoms with Gasteiger partial charge in [-0.2, -0.15) is 9.97 Å². The Kier molecular flexibility index (Phi) is 6.82. The predicted molar refractivity (Wildman–Crippen MR) is 144 cm³/mol. The van der Waals surface area contributed by atoms with E-state index in [1.165, 1.54) is 4.57 Å². The van der Waals surface area contributed by atoms with Crippen LogP contribution in [0.5, 0.6) is 0 Å². The number of anilines is 2. The quantitative estimate of drug-likeness (QED) is 0.397. The van der Waals surface area contributed by atoms with E-state index in [1.54, 1.807) is 30.3 Å². The van der Waals surface area contributed by atoms with Gasteiger partial charge in [0.15, 0.2) is 5.82 Å². The minimum absolute atomic E-state index is 0.00691. The maximum atomic E-state index is 14.1. The van der Waals surface area contributed by atoms with Gasteiger partial charge >= 0.3 is 0 Å². The zero-order valence-electron chi connectivity index (χ0n) is 21.6. The molecule has 0 unspecified atom stereocenters. The third-order valence-electron chi connectivity index (χ3n) is 7.23. The molecule has 0 radical (unpaired) electrons. The standard InChI is InChI=1S/C28H29F2N7O2/c1-18-6-2-3-7-20(18)27(38)36-11-10-19(17-36)31-28-33-23(35-12-14-39-15-13-35)16-24(34-28)37-22-9-5-4-8-21(22)32-26(37)25(29)30/h2-9,16,19,25H,10-15,17H2,1H3,(H,31,33,34)/t19-/m0/s1. The van der Waals surface area contributed by atoms with Gasteiger partial charge < -0.3 is 19.9 Å². The van der Waals surface area contributed by atoms with Gasteiger partial charge in [-0.3, -0.25) is 9.36 Å². The molecular formula is C28H29F2N7O2. The summed E-state index contributed by atoms with van der Waals surface area (Å²) in [5, 5.41) is 3.38. The molecule has 0 bridgehead atoms. The number of hydrogen-bond donors (Lipinski definition) is 1. The van der Waals surface area contributed by atoms with Crippen molar-refractivity contribution in [3.63, 3.8) is 0 Å². The molecule has 2 aliphatic heterocycles. The van der Waals surface area contributed by atoms with Crippen LogP contribution in [-0.4, -0.2) is 75.8 Å². The second-order valence-electron chi connectivity index (χ2n) is 9.80. The molecule has 2 fully saturated rings. The first-order valence-corrected chi connectivity index (χ1v) is 13.1. The number of alkyl halides is 2. The monoisotopic (exact) mass is 533 g/mol. The summed E-state index contributed by atoms with van der Waals surface area (Å²) >= 11 is 0. The number of para-hydroxylation sites is 2. The normalized spacial score (nSPS) is 17.8. The van der Waals surface area contributed by atoms with Crippen LogP contribution >= 0.6 is 0 Å². The third kappa shape index (κ3) is 5.01. The molecule has 2 aromatic carbocycles. The van der Waals surface area contributed by atoms with E-state index >= 15 is 0 Å². The minimum atomic E-state index is -2.79. The van der Waals surface area contributed by atoms with Crippen molar-refractivity contribution in [1.29, 1.82) is 0 Å². The molecule has 1 amide bonds. The second-order valence-corrected chi connectivity index (χ2v) is 9.80. The summed E-state index contributed by atoms with van der Waals surface area (Å²) in [5.74, 6) is 0.873. The van der Waals surface area contributed by atoms with Crippen LogP contribution in [0.15, 0.2) is 54.6 Å². The van der Waals surface area contributed by atoms with Crippen molar-refractivity contribution >= 4 is 28.7 Å². The van der Waals surface area contributed by atoms with Gasteiger partial charge in [0.25, 0.3) is 12.3 Å². The summed E-state index contributed by atoms with van der Waals surface area (Å²) in [6.45, 7) is 5.38. The van der Waals surface area contributed by atoms with E-state index < -0.39 is 6.43 Å². The Balaban J connectivity index is 1.33. The molecule has 4 heterocycles. The van der Waals surface area contributed by atoms with Crippen molar-refractivity contribution in [2.75, 3.05) is 49.6 Å². The lowest BCUT2D eigenvalue weighted by Crippen LogP contribution is -2.37. The number of halogens is 2. The molecule has 6 rings (SSSR count). The summed E-state index contributed by atoms with van der Waals surface area (Å²) in [7, 11) is 0. The minimum Gasteiger partial charge on any atom is -0.378 e. The smallest absolute Gasteiger partial charge is 0.296 e. The average molecular weight is 534 g/mol. The highest BCUT2D eigenvalue weighted by Crippen LogP contribution is 2.30. The van der Waals surface area contributed by atoms with Crippen LogP contribution < -0.4 is 10.2 Å². The van der Waals surface area contributed by atoms with Crippen molar-refractivity contribution in [3.8, 4) is 5.82 Å². The first kappa shape index (κ1) is 25.2. The SMILES string of the molecule is Cc1ccccc1C(=O)N1CC[C@H](Nc2nc(N3CCOCC3)cc(-n3c(C(F)F)nc4ccccc43)n2)C1. The van der Waals surface area contributed by atoms with Crippen molar-refractivity contribution in [1.82, 2.24) is 24.4 Å². The lowest BCUT2D eigenvalue weighted by molar-refractivity contribution is 0.0791. The molecule has 0 spiro atoms. The Hall–Kier alpha value is -4.12. The van der Waals surface area contributed by atoms with Crippen molar-refractivity contribution in [2.45, 2.75) is 25.8 Å². The molecule has 0 saturated carbocycles. The number of rotatable bonds is 6. The molecule has 1 atom stereocenters. The maximum Gasteiger partial charge on any atom is 0.296 e. The highest BCUT2D eigenvalue weighted by molar-refractivity contribution is 5.95. The molecule has 1 N–H and O–H groups in total. The lowest BCUT2D eigenvalue weighted by Gasteiger charge is -2.28. The van der Waals surface area contributed by atoms with Crippen LogP contribution in [0.3, 0.4) is 0 Å². The number of likely N-dealkylation sites (tertiary alicyclic amines) is 1. The number of amides is 1. The first-order valence-electron chi connectivity index (χ1n) is 13.1. The summed E-state index contributed by atoms with van der Waals surface area (Å²) in [5.41, 5.74) is 2.64. The number of benzene rings is 2. The van der Waals surface area contributed by atoms with E-state index in [0.717, 1.165) is 5.56 Å². The van der Waals surface area contributed by atoms with Crippen molar-refractivity contribution in [3.05, 3.63) is 71.5 Å². The largest absolute Gasteiger partial charge is 0.378 e. The van der Waals surface area contributed by atoms with Gasteiger partial charge in [0.05, 0.1) is 24.2 Å². The lowest BCUT2D eigenvalue weighted by atomic mass is 10.1. The number of hydrogen-bond acceptors (Lipinski definition) is 7. The summed E-state index contributed by atoms with van der Waals surface area (Å²) in [6, 6.07) is 16.2. The van der Waals surface area contributed by atoms with Crippen molar-refractivity contribution in [2.24, 2.45) is 0 Å². The third-order valence-corrected chi connectivity index (χ3v) is 7.23. The molecule has 2 saturated heterocycles. The number of nitrogens with one attached hydrogen (secondary N) is 1. The zero-order valence-corrected chi connectivity index (χ0v) is 21.6. The Morgan fingerprint density at radius 1 is 1.00 bits per heavy atom. The van der Waals surface area contributed by atoms with Gasteiger partial charge in [-0.05, 0) is 37.1 Å². The molecule has 202 valence electrons. The van der Waals surface area contributed by atoms with Crippen LogP contribution in [0, 0.1) is 6.92 Å². The van der Waals surface area contributed by atoms with Crippen molar-refractivity contribution < 1.29 is 18.3 Å². The molecule has 0 aliphatic carbocycles. The molecule has 9 nitrogen and oxygen atoms in total. The van der Waals surface area contributed by atoms with Gasteiger partial charge in [-0.15, -0.1) is 0 Å². The summed E-state index contributed by atoms with van der Waals surface area (Å²) in [6.07, 6.45) is -2.07. The first-order chi connectivity index (χ1) is 19.0. The van der Waals surface area contributed by atoms with E-state index in [2.05, 4.69) is 20.2 Å². The number of nitrogens with zero attached hydrogens (tertiary/aromatic N) is 6. The van der Waals surface area contributed by atoms with Gasteiger partial charge in [-0.25, -0.2) is 13.8 Å². The van der Waals surface area contributed by atoms with Crippen LogP contribution in [0.1, 0.15) is 34.6 Å². The number of carbonyl (C=O) groups excluding carboxylic acids is 1. The highest BCUT2D eigenvalue weighted by atomic mass is 19.3. The predicted octanol–water partition coefficient (Wildman–Crippen LogP) is 4.22. The van der Waals surface area contributed by atoms with E-state index in [9.17, 15) is 13.6 Å². The number of imidazole rings is 1. The van der Waals surface area contributed by atoms with Gasteiger partial charge in [0.2, 0.25) is 5.95 Å². The Bertz CT molecular complexity index is 1500. The van der Waals surface area contributed by atoms with Crippen LogP contribution in [0.4, 0.5) is 20.5 Å². The molecular weight excluding hydrogens is 504 g/mol. The number of aromatic nitrogens is 4. The molecule has 11 heteroatoms. The average Bonchev–Trinajstić information content (AvgIpc) is 3.58. The second kappa shape index (κ2) is 10.6. The van der Waals surface area contributed by atoms with E-state index in [4.69, 9.17) is 9.72 Å². The fraction of sp³-hybridized carbons (Fsp3) is 0.357.